The smallest absolute Gasteiger partial charge is 0.248 e. The van der Waals surface area contributed by atoms with E-state index in [2.05, 4.69) is 36.2 Å². The average Bonchev–Trinajstić information content (AvgIpc) is 3.42. The van der Waals surface area contributed by atoms with Gasteiger partial charge in [-0.15, -0.1) is 0 Å². The molecule has 2 aromatic rings. The Morgan fingerprint density at radius 3 is 2.63 bits per heavy atom. The number of aromatic nitrogens is 3. The van der Waals surface area contributed by atoms with Crippen molar-refractivity contribution in [1.82, 2.24) is 20.3 Å². The van der Waals surface area contributed by atoms with Crippen LogP contribution in [0, 0.1) is 12.8 Å². The summed E-state index contributed by atoms with van der Waals surface area (Å²) < 4.78 is 0. The van der Waals surface area contributed by atoms with Crippen molar-refractivity contribution in [2.75, 3.05) is 35.6 Å². The van der Waals surface area contributed by atoms with E-state index < -0.39 is 5.91 Å². The SMILES string of the molecule is Cc1ccc(C(N)=O)cc1Nc1nc(NCC2CCCC2)nc(N[C@H]2CCNC2)n1. The maximum atomic E-state index is 11.6. The van der Waals surface area contributed by atoms with Crippen molar-refractivity contribution in [2.45, 2.75) is 45.1 Å². The lowest BCUT2D eigenvalue weighted by Gasteiger charge is -2.16. The largest absolute Gasteiger partial charge is 0.366 e. The molecule has 0 spiro atoms. The van der Waals surface area contributed by atoms with Gasteiger partial charge in [0, 0.05) is 30.4 Å². The molecule has 1 aromatic heterocycles. The number of carbonyl (C=O) groups excluding carboxylic acids is 1. The summed E-state index contributed by atoms with van der Waals surface area (Å²) in [5.74, 6) is 1.72. The second-order valence-electron chi connectivity index (χ2n) is 8.19. The molecule has 9 heteroatoms. The molecule has 0 radical (unpaired) electrons. The van der Waals surface area contributed by atoms with Gasteiger partial charge in [-0.25, -0.2) is 0 Å². The summed E-state index contributed by atoms with van der Waals surface area (Å²) in [7, 11) is 0. The molecule has 1 aliphatic heterocycles. The first-order valence-corrected chi connectivity index (χ1v) is 10.7. The van der Waals surface area contributed by atoms with E-state index in [1.54, 1.807) is 12.1 Å². The lowest BCUT2D eigenvalue weighted by atomic mass is 10.1. The minimum Gasteiger partial charge on any atom is -0.366 e. The van der Waals surface area contributed by atoms with Crippen LogP contribution >= 0.6 is 0 Å². The van der Waals surface area contributed by atoms with Crippen LogP contribution in [-0.2, 0) is 0 Å². The number of amides is 1. The highest BCUT2D eigenvalue weighted by atomic mass is 16.1. The summed E-state index contributed by atoms with van der Waals surface area (Å²) in [4.78, 5) is 25.3. The Balaban J connectivity index is 1.56. The third-order valence-electron chi connectivity index (χ3n) is 5.82. The number of hydrogen-bond acceptors (Lipinski definition) is 8. The Bertz CT molecular complexity index is 891. The summed E-state index contributed by atoms with van der Waals surface area (Å²) in [6, 6.07) is 5.58. The normalized spacial score (nSPS) is 19.0. The fraction of sp³-hybridized carbons (Fsp3) is 0.524. The molecule has 1 amide bonds. The van der Waals surface area contributed by atoms with Crippen molar-refractivity contribution in [1.29, 1.82) is 0 Å². The van der Waals surface area contributed by atoms with Crippen LogP contribution in [0.15, 0.2) is 18.2 Å². The standard InChI is InChI=1S/C21H30N8O/c1-13-6-7-15(18(22)30)10-17(13)26-21-28-19(24-11-14-4-2-3-5-14)27-20(29-21)25-16-8-9-23-12-16/h6-7,10,14,16,23H,2-5,8-9,11-12H2,1H3,(H2,22,30)(H3,24,25,26,27,28,29)/t16-/m0/s1. The van der Waals surface area contributed by atoms with E-state index in [4.69, 9.17) is 5.73 Å². The van der Waals surface area contributed by atoms with E-state index in [9.17, 15) is 4.79 Å². The Labute approximate surface area is 176 Å². The summed E-state index contributed by atoms with van der Waals surface area (Å²) in [5, 5.41) is 13.4. The van der Waals surface area contributed by atoms with Crippen LogP contribution < -0.4 is 27.0 Å². The Morgan fingerprint density at radius 1 is 1.13 bits per heavy atom. The van der Waals surface area contributed by atoms with Crippen LogP contribution in [0.5, 0.6) is 0 Å². The maximum Gasteiger partial charge on any atom is 0.248 e. The number of benzene rings is 1. The molecule has 1 atom stereocenters. The third kappa shape index (κ3) is 5.15. The van der Waals surface area contributed by atoms with E-state index in [-0.39, 0.29) is 0 Å². The minimum atomic E-state index is -0.469. The van der Waals surface area contributed by atoms with E-state index >= 15 is 0 Å². The molecular formula is C21H30N8O. The Hall–Kier alpha value is -2.94. The number of carbonyl (C=O) groups is 1. The fourth-order valence-corrected chi connectivity index (χ4v) is 4.02. The minimum absolute atomic E-state index is 0.294. The van der Waals surface area contributed by atoms with Gasteiger partial charge < -0.3 is 27.0 Å². The van der Waals surface area contributed by atoms with Gasteiger partial charge in [0.05, 0.1) is 0 Å². The van der Waals surface area contributed by atoms with Gasteiger partial charge in [-0.1, -0.05) is 18.9 Å². The van der Waals surface area contributed by atoms with E-state index in [1.807, 2.05) is 13.0 Å². The van der Waals surface area contributed by atoms with Gasteiger partial charge in [0.2, 0.25) is 23.8 Å². The van der Waals surface area contributed by atoms with Crippen LogP contribution in [0.4, 0.5) is 23.5 Å². The van der Waals surface area contributed by atoms with Crippen molar-refractivity contribution in [3.05, 3.63) is 29.3 Å². The van der Waals surface area contributed by atoms with E-state index in [0.29, 0.717) is 35.4 Å². The maximum absolute atomic E-state index is 11.6. The molecule has 2 heterocycles. The van der Waals surface area contributed by atoms with Crippen molar-refractivity contribution < 1.29 is 4.79 Å². The quantitative estimate of drug-likeness (QED) is 0.448. The molecule has 1 aromatic carbocycles. The number of rotatable bonds is 8. The molecule has 0 unspecified atom stereocenters. The number of anilines is 4. The summed E-state index contributed by atoms with van der Waals surface area (Å²) in [5.41, 5.74) is 7.58. The summed E-state index contributed by atoms with van der Waals surface area (Å²) in [6.45, 7) is 4.69. The topological polar surface area (TPSA) is 130 Å². The monoisotopic (exact) mass is 410 g/mol. The second kappa shape index (κ2) is 9.25. The number of nitrogens with one attached hydrogen (secondary N) is 4. The molecule has 0 bridgehead atoms. The molecule has 9 nitrogen and oxygen atoms in total. The number of nitrogens with zero attached hydrogens (tertiary/aromatic N) is 3. The zero-order chi connectivity index (χ0) is 20.9. The van der Waals surface area contributed by atoms with Crippen molar-refractivity contribution in [3.8, 4) is 0 Å². The van der Waals surface area contributed by atoms with Gasteiger partial charge in [0.1, 0.15) is 0 Å². The molecule has 6 N–H and O–H groups in total. The summed E-state index contributed by atoms with van der Waals surface area (Å²) in [6.07, 6.45) is 6.13. The van der Waals surface area contributed by atoms with Crippen LogP contribution in [0.2, 0.25) is 0 Å². The van der Waals surface area contributed by atoms with Gasteiger partial charge in [-0.05, 0) is 56.3 Å². The molecule has 2 aliphatic rings. The molecule has 160 valence electrons. The molecule has 1 saturated carbocycles. The first-order valence-electron chi connectivity index (χ1n) is 10.7. The van der Waals surface area contributed by atoms with Gasteiger partial charge in [0.25, 0.3) is 0 Å². The van der Waals surface area contributed by atoms with Crippen molar-refractivity contribution >= 4 is 29.4 Å². The lowest BCUT2D eigenvalue weighted by molar-refractivity contribution is 0.100. The number of primary amides is 1. The predicted molar refractivity (Wildman–Crippen MR) is 118 cm³/mol. The lowest BCUT2D eigenvalue weighted by Crippen LogP contribution is -2.24. The van der Waals surface area contributed by atoms with E-state index in [0.717, 1.165) is 37.3 Å². The average molecular weight is 411 g/mol. The number of hydrogen-bond donors (Lipinski definition) is 5. The highest BCUT2D eigenvalue weighted by Crippen LogP contribution is 2.25. The Morgan fingerprint density at radius 2 is 1.90 bits per heavy atom. The second-order valence-corrected chi connectivity index (χ2v) is 8.19. The molecule has 1 saturated heterocycles. The molecule has 4 rings (SSSR count). The number of aryl methyl sites for hydroxylation is 1. The molecule has 2 fully saturated rings. The van der Waals surface area contributed by atoms with Crippen LogP contribution in [-0.4, -0.2) is 46.5 Å². The van der Waals surface area contributed by atoms with Crippen LogP contribution in [0.1, 0.15) is 48.0 Å². The first-order chi connectivity index (χ1) is 14.6. The van der Waals surface area contributed by atoms with Gasteiger partial charge in [-0.2, -0.15) is 15.0 Å². The van der Waals surface area contributed by atoms with Crippen molar-refractivity contribution in [3.63, 3.8) is 0 Å². The predicted octanol–water partition coefficient (Wildman–Crippen LogP) is 2.40. The highest BCUT2D eigenvalue weighted by Gasteiger charge is 2.18. The molecular weight excluding hydrogens is 380 g/mol. The summed E-state index contributed by atoms with van der Waals surface area (Å²) >= 11 is 0. The molecule has 1 aliphatic carbocycles. The number of nitrogens with two attached hydrogens (primary N) is 1. The fourth-order valence-electron chi connectivity index (χ4n) is 4.02. The van der Waals surface area contributed by atoms with Crippen molar-refractivity contribution in [2.24, 2.45) is 11.7 Å². The van der Waals surface area contributed by atoms with Gasteiger partial charge in [-0.3, -0.25) is 4.79 Å². The highest BCUT2D eigenvalue weighted by molar-refractivity contribution is 5.94. The molecule has 30 heavy (non-hydrogen) atoms. The third-order valence-corrected chi connectivity index (χ3v) is 5.82. The van der Waals surface area contributed by atoms with Crippen LogP contribution in [0.3, 0.4) is 0 Å². The Kier molecular flexibility index (Phi) is 6.27. The zero-order valence-electron chi connectivity index (χ0n) is 17.4. The first kappa shape index (κ1) is 20.3. The zero-order valence-corrected chi connectivity index (χ0v) is 17.4. The van der Waals surface area contributed by atoms with Gasteiger partial charge in [0.15, 0.2) is 0 Å². The van der Waals surface area contributed by atoms with E-state index in [1.165, 1.54) is 25.7 Å². The van der Waals surface area contributed by atoms with Gasteiger partial charge >= 0.3 is 0 Å². The van der Waals surface area contributed by atoms with Crippen LogP contribution in [0.25, 0.3) is 0 Å².